The van der Waals surface area contributed by atoms with Crippen molar-refractivity contribution in [3.63, 3.8) is 0 Å². The normalized spacial score (nSPS) is 15.4. The smallest absolute Gasteiger partial charge is 0.211 e. The number of aromatic nitrogens is 3. The Morgan fingerprint density at radius 1 is 1.14 bits per heavy atom. The third kappa shape index (κ3) is 2.87. The maximum atomic E-state index is 13.2. The summed E-state index contributed by atoms with van der Waals surface area (Å²) >= 11 is 0. The Bertz CT molecular complexity index is 1410. The second-order valence-corrected chi connectivity index (χ2v) is 5.86. The lowest BCUT2D eigenvalue weighted by Gasteiger charge is -2.13. The molecule has 0 amide bonds. The molecule has 4 rings (SSSR count). The van der Waals surface area contributed by atoms with Crippen LogP contribution >= 0.6 is 0 Å². The summed E-state index contributed by atoms with van der Waals surface area (Å²) in [5, 5.41) is 0.743. The van der Waals surface area contributed by atoms with Crippen LogP contribution in [0.25, 0.3) is 22.3 Å². The molecule has 28 heavy (non-hydrogen) atoms. The minimum Gasteiger partial charge on any atom is -0.493 e. The molecule has 0 atom stereocenters. The largest absolute Gasteiger partial charge is 0.493 e. The molecular formula is C21H19N3O4. The molecule has 0 bridgehead atoms. The summed E-state index contributed by atoms with van der Waals surface area (Å²) < 4.78 is 67.4. The number of ketones is 1. The molecule has 0 aliphatic carbocycles. The molecular weight excluding hydrogens is 358 g/mol. The van der Waals surface area contributed by atoms with Gasteiger partial charge < -0.3 is 24.2 Å². The number of fused-ring (bicyclic) bond motifs is 1. The molecule has 2 aromatic carbocycles. The number of H-pyrrole nitrogens is 2. The van der Waals surface area contributed by atoms with Crippen LogP contribution in [-0.4, -0.2) is 41.9 Å². The molecule has 142 valence electrons. The number of nitrogens with one attached hydrogen (secondary N) is 2. The van der Waals surface area contributed by atoms with Crippen molar-refractivity contribution in [2.45, 2.75) is 0 Å². The maximum absolute atomic E-state index is 13.2. The van der Waals surface area contributed by atoms with Gasteiger partial charge in [-0.25, -0.2) is 4.98 Å². The van der Waals surface area contributed by atoms with Gasteiger partial charge in [-0.05, 0) is 18.2 Å². The molecule has 0 fully saturated rings. The lowest BCUT2D eigenvalue weighted by molar-refractivity contribution is 0.103. The summed E-state index contributed by atoms with van der Waals surface area (Å²) in [6.45, 7) is 0. The highest BCUT2D eigenvalue weighted by Crippen LogP contribution is 2.38. The molecule has 2 N–H and O–H groups in total. The van der Waals surface area contributed by atoms with Crippen molar-refractivity contribution >= 4 is 16.7 Å². The summed E-state index contributed by atoms with van der Waals surface area (Å²) in [5.41, 5.74) is 1.18. The average Bonchev–Trinajstić information content (AvgIpc) is 3.35. The molecule has 0 radical (unpaired) electrons. The Morgan fingerprint density at radius 3 is 2.71 bits per heavy atom. The summed E-state index contributed by atoms with van der Waals surface area (Å²) in [7, 11) is -4.69. The number of methoxy groups -OCH3 is 3. The number of nitrogens with zero attached hydrogens (tertiary/aromatic N) is 1. The molecule has 2 aromatic heterocycles. The van der Waals surface area contributed by atoms with Crippen molar-refractivity contribution in [2.24, 2.45) is 0 Å². The van der Waals surface area contributed by atoms with Gasteiger partial charge in [-0.15, -0.1) is 0 Å². The molecule has 0 unspecified atom stereocenters. The van der Waals surface area contributed by atoms with E-state index >= 15 is 0 Å². The van der Waals surface area contributed by atoms with Crippen LogP contribution in [0.5, 0.6) is 17.2 Å². The number of ether oxygens (including phenoxy) is 3. The van der Waals surface area contributed by atoms with Gasteiger partial charge in [0.2, 0.25) is 11.5 Å². The molecule has 0 saturated carbocycles. The van der Waals surface area contributed by atoms with E-state index in [0.29, 0.717) is 5.56 Å². The number of carbonyl (C=O) groups excluding carboxylic acids is 1. The highest BCUT2D eigenvalue weighted by molar-refractivity contribution is 6.09. The SMILES string of the molecule is [2H]c1[nH]c2ccccc2c1-c1ncc(C(=O)c2cc(OC)c(OC([2H])([2H])[2H])c(OC([2H])([2H])[2H])c2)[nH]1. The predicted octanol–water partition coefficient (Wildman–Crippen LogP) is 3.81. The van der Waals surface area contributed by atoms with Crippen molar-refractivity contribution in [2.75, 3.05) is 21.2 Å². The van der Waals surface area contributed by atoms with Crippen molar-refractivity contribution in [1.82, 2.24) is 15.0 Å². The van der Waals surface area contributed by atoms with E-state index in [1.165, 1.54) is 19.4 Å². The van der Waals surface area contributed by atoms with Gasteiger partial charge in [0.25, 0.3) is 0 Å². The van der Waals surface area contributed by atoms with Crippen LogP contribution in [0.3, 0.4) is 0 Å². The van der Waals surface area contributed by atoms with Crippen LogP contribution in [0.15, 0.2) is 48.8 Å². The van der Waals surface area contributed by atoms with Crippen LogP contribution in [-0.2, 0) is 0 Å². The van der Waals surface area contributed by atoms with E-state index in [1.54, 1.807) is 0 Å². The van der Waals surface area contributed by atoms with Crippen LogP contribution in [0, 0.1) is 0 Å². The van der Waals surface area contributed by atoms with Crippen LogP contribution < -0.4 is 14.2 Å². The first-order chi connectivity index (χ1) is 16.4. The van der Waals surface area contributed by atoms with E-state index in [2.05, 4.69) is 15.0 Å². The number of imidazole rings is 1. The van der Waals surface area contributed by atoms with Crippen LogP contribution in [0.1, 0.15) is 25.6 Å². The Kier molecular flexibility index (Phi) is 2.84. The first-order valence-electron chi connectivity index (χ1n) is 11.6. The number of aromatic amines is 2. The molecule has 0 aliphatic rings. The minimum absolute atomic E-state index is 0.0380. The molecule has 7 heteroatoms. The van der Waals surface area contributed by atoms with Gasteiger partial charge in [0, 0.05) is 28.2 Å². The minimum atomic E-state index is -2.96. The molecule has 2 heterocycles. The quantitative estimate of drug-likeness (QED) is 0.494. The molecule has 4 aromatic rings. The average molecular weight is 384 g/mol. The van der Waals surface area contributed by atoms with E-state index in [9.17, 15) is 4.79 Å². The molecule has 0 aliphatic heterocycles. The fourth-order valence-corrected chi connectivity index (χ4v) is 2.95. The molecule has 0 saturated heterocycles. The summed E-state index contributed by atoms with van der Waals surface area (Å²) in [5.74, 6) is -1.53. The van der Waals surface area contributed by atoms with E-state index < -0.39 is 31.4 Å². The molecule has 7 nitrogen and oxygen atoms in total. The van der Waals surface area contributed by atoms with Gasteiger partial charge in [-0.3, -0.25) is 4.79 Å². The highest BCUT2D eigenvalue weighted by Gasteiger charge is 2.20. The number of hydrogen-bond donors (Lipinski definition) is 2. The van der Waals surface area contributed by atoms with E-state index in [4.69, 9.17) is 23.8 Å². The topological polar surface area (TPSA) is 89.2 Å². The number of para-hydroxylation sites is 1. The fourth-order valence-electron chi connectivity index (χ4n) is 2.95. The first-order valence-corrected chi connectivity index (χ1v) is 8.14. The number of benzene rings is 2. The van der Waals surface area contributed by atoms with Crippen molar-refractivity contribution in [3.8, 4) is 28.6 Å². The zero-order chi connectivity index (χ0) is 25.5. The number of hydrogen-bond acceptors (Lipinski definition) is 5. The third-order valence-electron chi connectivity index (χ3n) is 4.29. The summed E-state index contributed by atoms with van der Waals surface area (Å²) in [6.07, 6.45) is 1.39. The van der Waals surface area contributed by atoms with Crippen molar-refractivity contribution in [1.29, 1.82) is 0 Å². The van der Waals surface area contributed by atoms with Crippen molar-refractivity contribution < 1.29 is 28.6 Å². The first kappa shape index (κ1) is 11.2. The standard InChI is InChI=1S/C21H19N3O4/c1-26-17-8-12(9-18(27-2)20(17)28-3)19(25)16-11-23-21(24-16)14-10-22-15-7-5-4-6-13(14)15/h4-11,22H,1-3H3,(H,23,24)/i1D3,3D3,10D. The lowest BCUT2D eigenvalue weighted by atomic mass is 10.1. The Labute approximate surface area is 171 Å². The Balaban J connectivity index is 1.76. The Morgan fingerprint density at radius 2 is 1.93 bits per heavy atom. The van der Waals surface area contributed by atoms with Gasteiger partial charge in [0.05, 0.1) is 37.0 Å². The second kappa shape index (κ2) is 7.11. The van der Waals surface area contributed by atoms with Gasteiger partial charge >= 0.3 is 0 Å². The monoisotopic (exact) mass is 384 g/mol. The van der Waals surface area contributed by atoms with E-state index in [1.807, 2.05) is 24.3 Å². The maximum Gasteiger partial charge on any atom is 0.211 e. The van der Waals surface area contributed by atoms with Gasteiger partial charge in [0.15, 0.2) is 11.5 Å². The fraction of sp³-hybridized carbons (Fsp3) is 0.143. The summed E-state index contributed by atoms with van der Waals surface area (Å²) in [6, 6.07) is 9.53. The van der Waals surface area contributed by atoms with Crippen LogP contribution in [0.4, 0.5) is 0 Å². The zero-order valence-corrected chi connectivity index (χ0v) is 14.6. The second-order valence-electron chi connectivity index (χ2n) is 5.86. The predicted molar refractivity (Wildman–Crippen MR) is 105 cm³/mol. The van der Waals surface area contributed by atoms with Gasteiger partial charge in [-0.1, -0.05) is 18.2 Å². The third-order valence-corrected chi connectivity index (χ3v) is 4.29. The zero-order valence-electron chi connectivity index (χ0n) is 21.6. The van der Waals surface area contributed by atoms with E-state index in [0.717, 1.165) is 17.0 Å². The number of rotatable bonds is 6. The van der Waals surface area contributed by atoms with Crippen LogP contribution in [0.2, 0.25) is 0 Å². The van der Waals surface area contributed by atoms with Crippen molar-refractivity contribution in [3.05, 3.63) is 60.0 Å². The van der Waals surface area contributed by atoms with Gasteiger partial charge in [-0.2, -0.15) is 0 Å². The highest BCUT2D eigenvalue weighted by atomic mass is 16.5. The Hall–Kier alpha value is -3.74. The van der Waals surface area contributed by atoms with Gasteiger partial charge in [0.1, 0.15) is 11.5 Å². The summed E-state index contributed by atoms with van der Waals surface area (Å²) in [4.78, 5) is 23.3. The molecule has 0 spiro atoms. The van der Waals surface area contributed by atoms with E-state index in [-0.39, 0.29) is 29.0 Å². The number of carbonyl (C=O) groups is 1. The lowest BCUT2D eigenvalue weighted by Crippen LogP contribution is -2.04.